The van der Waals surface area contributed by atoms with Gasteiger partial charge < -0.3 is 5.11 Å². The summed E-state index contributed by atoms with van der Waals surface area (Å²) in [5.41, 5.74) is -0.652. The van der Waals surface area contributed by atoms with Gasteiger partial charge in [0.05, 0.1) is 5.51 Å². The maximum Gasteiger partial charge on any atom is 0.459 e. The van der Waals surface area contributed by atoms with Gasteiger partial charge in [0.1, 0.15) is 4.88 Å². The minimum atomic E-state index is -5.83. The number of hydrogen-bond donors (Lipinski definition) is 1. The highest BCUT2D eigenvalue weighted by atomic mass is 32.1. The Morgan fingerprint density at radius 3 is 2.27 bits per heavy atom. The van der Waals surface area contributed by atoms with Crippen LogP contribution in [0.15, 0.2) is 5.51 Å². The van der Waals surface area contributed by atoms with Crippen molar-refractivity contribution < 1.29 is 31.9 Å². The number of hydrogen-bond acceptors (Lipinski definition) is 3. The van der Waals surface area contributed by atoms with Crippen molar-refractivity contribution in [2.75, 3.05) is 0 Å². The van der Waals surface area contributed by atoms with Crippen LogP contribution < -0.4 is 0 Å². The fourth-order valence-electron chi connectivity index (χ4n) is 0.750. The molecule has 1 rings (SSSR count). The summed E-state index contributed by atoms with van der Waals surface area (Å²) in [6, 6.07) is 0. The van der Waals surface area contributed by atoms with E-state index in [2.05, 4.69) is 4.98 Å². The molecule has 84 valence electrons. The summed E-state index contributed by atoms with van der Waals surface area (Å²) in [5.74, 6) is -7.11. The van der Waals surface area contributed by atoms with E-state index in [1.54, 1.807) is 0 Å². The lowest BCUT2D eigenvalue weighted by Crippen LogP contribution is -2.34. The van der Waals surface area contributed by atoms with Crippen molar-refractivity contribution in [2.45, 2.75) is 12.1 Å². The molecular weight excluding hydrogens is 245 g/mol. The molecular formula is C6H2F5NO2S. The molecule has 1 aromatic rings. The Hall–Kier alpha value is -1.25. The number of carboxylic acids is 1. The van der Waals surface area contributed by atoms with Crippen molar-refractivity contribution in [2.24, 2.45) is 0 Å². The monoisotopic (exact) mass is 247 g/mol. The standard InChI is InChI=1S/C6H2F5NO2S/c7-5(8,6(9,10)11)3-2(4(13)14)12-1-15-3/h1H,(H,13,14). The van der Waals surface area contributed by atoms with E-state index in [0.29, 0.717) is 5.51 Å². The molecule has 0 spiro atoms. The number of rotatable bonds is 2. The zero-order valence-corrected chi connectivity index (χ0v) is 7.49. The Balaban J connectivity index is 3.27. The summed E-state index contributed by atoms with van der Waals surface area (Å²) in [5, 5.41) is 8.33. The molecule has 0 bridgehead atoms. The first-order valence-electron chi connectivity index (χ1n) is 3.29. The minimum absolute atomic E-state index is 0.0503. The molecule has 1 aromatic heterocycles. The van der Waals surface area contributed by atoms with Crippen molar-refractivity contribution in [3.8, 4) is 0 Å². The van der Waals surface area contributed by atoms with Gasteiger partial charge in [-0.05, 0) is 0 Å². The third-order valence-corrected chi connectivity index (χ3v) is 2.31. The number of carboxylic acid groups (broad SMARTS) is 1. The smallest absolute Gasteiger partial charge is 0.459 e. The fraction of sp³-hybridized carbons (Fsp3) is 0.333. The highest BCUT2D eigenvalue weighted by Gasteiger charge is 2.61. The second-order valence-corrected chi connectivity index (χ2v) is 3.26. The molecule has 0 amide bonds. The number of aromatic carboxylic acids is 1. The lowest BCUT2D eigenvalue weighted by atomic mass is 10.2. The van der Waals surface area contributed by atoms with Gasteiger partial charge in [-0.3, -0.25) is 0 Å². The highest BCUT2D eigenvalue weighted by Crippen LogP contribution is 2.46. The van der Waals surface area contributed by atoms with E-state index in [0.717, 1.165) is 0 Å². The van der Waals surface area contributed by atoms with E-state index in [1.165, 1.54) is 0 Å². The van der Waals surface area contributed by atoms with E-state index in [9.17, 15) is 26.7 Å². The van der Waals surface area contributed by atoms with Gasteiger partial charge in [0, 0.05) is 0 Å². The van der Waals surface area contributed by atoms with Gasteiger partial charge in [-0.2, -0.15) is 22.0 Å². The van der Waals surface area contributed by atoms with Crippen molar-refractivity contribution in [3.05, 3.63) is 16.1 Å². The Bertz CT molecular complexity index is 385. The summed E-state index contributed by atoms with van der Waals surface area (Å²) >= 11 is -0.0503. The zero-order valence-electron chi connectivity index (χ0n) is 6.68. The summed E-state index contributed by atoms with van der Waals surface area (Å²) in [6.07, 6.45) is -5.83. The molecule has 1 heterocycles. The van der Waals surface area contributed by atoms with Crippen LogP contribution in [0.2, 0.25) is 0 Å². The molecule has 0 radical (unpaired) electrons. The minimum Gasteiger partial charge on any atom is -0.476 e. The number of halogens is 5. The van der Waals surface area contributed by atoms with E-state index in [-0.39, 0.29) is 11.3 Å². The molecule has 15 heavy (non-hydrogen) atoms. The maximum atomic E-state index is 12.7. The summed E-state index contributed by atoms with van der Waals surface area (Å²) in [6.45, 7) is 0. The average Bonchev–Trinajstić information content (AvgIpc) is 2.48. The van der Waals surface area contributed by atoms with Crippen LogP contribution in [0.4, 0.5) is 22.0 Å². The lowest BCUT2D eigenvalue weighted by Gasteiger charge is -2.18. The summed E-state index contributed by atoms with van der Waals surface area (Å²) in [4.78, 5) is 11.6. The molecule has 0 fully saturated rings. The number of thiazole rings is 1. The normalized spacial score (nSPS) is 12.9. The van der Waals surface area contributed by atoms with Crippen LogP contribution in [0.1, 0.15) is 15.4 Å². The Kier molecular flexibility index (Phi) is 2.68. The SMILES string of the molecule is O=C(O)c1ncsc1C(F)(F)C(F)(F)F. The largest absolute Gasteiger partial charge is 0.476 e. The van der Waals surface area contributed by atoms with Crippen molar-refractivity contribution in [3.63, 3.8) is 0 Å². The molecule has 3 nitrogen and oxygen atoms in total. The molecule has 0 aliphatic heterocycles. The molecule has 0 saturated carbocycles. The molecule has 0 unspecified atom stereocenters. The van der Waals surface area contributed by atoms with Crippen LogP contribution in [-0.2, 0) is 5.92 Å². The van der Waals surface area contributed by atoms with Gasteiger partial charge in [-0.1, -0.05) is 0 Å². The van der Waals surface area contributed by atoms with E-state index >= 15 is 0 Å². The molecule has 0 atom stereocenters. The first-order chi connectivity index (χ1) is 6.68. The first kappa shape index (κ1) is 11.8. The Morgan fingerprint density at radius 1 is 1.33 bits per heavy atom. The van der Waals surface area contributed by atoms with E-state index in [4.69, 9.17) is 5.11 Å². The van der Waals surface area contributed by atoms with Gasteiger partial charge in [0.25, 0.3) is 0 Å². The second kappa shape index (κ2) is 3.40. The van der Waals surface area contributed by atoms with E-state index < -0.39 is 28.6 Å². The van der Waals surface area contributed by atoms with Gasteiger partial charge in [-0.15, -0.1) is 11.3 Å². The Labute approximate surface area is 83.2 Å². The van der Waals surface area contributed by atoms with Crippen molar-refractivity contribution in [1.82, 2.24) is 4.98 Å². The van der Waals surface area contributed by atoms with Crippen LogP contribution >= 0.6 is 11.3 Å². The average molecular weight is 247 g/mol. The predicted molar refractivity (Wildman–Crippen MR) is 39.0 cm³/mol. The summed E-state index contributed by atoms with van der Waals surface area (Å²) < 4.78 is 61.0. The molecule has 0 aromatic carbocycles. The topological polar surface area (TPSA) is 50.2 Å². The number of aromatic nitrogens is 1. The second-order valence-electron chi connectivity index (χ2n) is 2.41. The number of alkyl halides is 5. The van der Waals surface area contributed by atoms with Crippen molar-refractivity contribution in [1.29, 1.82) is 0 Å². The number of nitrogens with zero attached hydrogens (tertiary/aromatic N) is 1. The third kappa shape index (κ3) is 1.91. The summed E-state index contributed by atoms with van der Waals surface area (Å²) in [7, 11) is 0. The van der Waals surface area contributed by atoms with Gasteiger partial charge in [0.2, 0.25) is 0 Å². The molecule has 1 N–H and O–H groups in total. The van der Waals surface area contributed by atoms with Crippen LogP contribution in [-0.4, -0.2) is 22.2 Å². The molecule has 0 aliphatic carbocycles. The molecule has 0 saturated heterocycles. The van der Waals surface area contributed by atoms with Crippen molar-refractivity contribution >= 4 is 17.3 Å². The van der Waals surface area contributed by atoms with Crippen LogP contribution in [0.3, 0.4) is 0 Å². The Morgan fingerprint density at radius 2 is 1.87 bits per heavy atom. The molecule has 0 aliphatic rings. The van der Waals surface area contributed by atoms with Gasteiger partial charge >= 0.3 is 18.1 Å². The fourth-order valence-corrected chi connectivity index (χ4v) is 1.53. The number of carbonyl (C=O) groups is 1. The predicted octanol–water partition coefficient (Wildman–Crippen LogP) is 2.50. The van der Waals surface area contributed by atoms with E-state index in [1.807, 2.05) is 0 Å². The van der Waals surface area contributed by atoms with Crippen LogP contribution in [0, 0.1) is 0 Å². The molecule has 9 heteroatoms. The van der Waals surface area contributed by atoms with Crippen LogP contribution in [0.5, 0.6) is 0 Å². The lowest BCUT2D eigenvalue weighted by molar-refractivity contribution is -0.288. The van der Waals surface area contributed by atoms with Gasteiger partial charge in [0.15, 0.2) is 5.69 Å². The zero-order chi connectivity index (χ0) is 11.9. The highest BCUT2D eigenvalue weighted by molar-refractivity contribution is 7.10. The quantitative estimate of drug-likeness (QED) is 0.817. The van der Waals surface area contributed by atoms with Crippen LogP contribution in [0.25, 0.3) is 0 Å². The maximum absolute atomic E-state index is 12.7. The first-order valence-corrected chi connectivity index (χ1v) is 4.17. The van der Waals surface area contributed by atoms with Gasteiger partial charge in [-0.25, -0.2) is 9.78 Å². The third-order valence-electron chi connectivity index (χ3n) is 1.41.